The molecule has 0 bridgehead atoms. The summed E-state index contributed by atoms with van der Waals surface area (Å²) in [7, 11) is -2.29. The van der Waals surface area contributed by atoms with Crippen molar-refractivity contribution in [1.29, 1.82) is 0 Å². The van der Waals surface area contributed by atoms with Crippen LogP contribution in [0.1, 0.15) is 88.0 Å². The summed E-state index contributed by atoms with van der Waals surface area (Å²) in [6.45, 7) is 19.4. The highest BCUT2D eigenvalue weighted by Crippen LogP contribution is 2.50. The van der Waals surface area contributed by atoms with Crippen LogP contribution in [0.15, 0.2) is 11.5 Å². The number of carbonyl (C=O) groups excluding carboxylic acids is 2. The second kappa shape index (κ2) is 13.2. The molecule has 34 heavy (non-hydrogen) atoms. The predicted molar refractivity (Wildman–Crippen MR) is 137 cm³/mol. The zero-order valence-electron chi connectivity index (χ0n) is 22.8. The van der Waals surface area contributed by atoms with Crippen LogP contribution in [-0.2, 0) is 28.2 Å². The van der Waals surface area contributed by atoms with Gasteiger partial charge in [-0.25, -0.2) is 0 Å². The molecule has 0 heterocycles. The summed E-state index contributed by atoms with van der Waals surface area (Å²) >= 11 is 0. The lowest BCUT2D eigenvalue weighted by atomic mass is 9.67. The summed E-state index contributed by atoms with van der Waals surface area (Å²) in [6.07, 6.45) is 7.60. The molecular weight excluding hydrogens is 448 g/mol. The Morgan fingerprint density at radius 2 is 1.47 bits per heavy atom. The lowest BCUT2D eigenvalue weighted by Crippen LogP contribution is -2.51. The second-order valence-corrected chi connectivity index (χ2v) is 15.3. The first kappa shape index (κ1) is 30.1. The van der Waals surface area contributed by atoms with Gasteiger partial charge in [0.25, 0.3) is 8.32 Å². The molecule has 7 heteroatoms. The van der Waals surface area contributed by atoms with Gasteiger partial charge in [0, 0.05) is 18.8 Å². The van der Waals surface area contributed by atoms with Crippen LogP contribution in [0, 0.1) is 23.7 Å². The summed E-state index contributed by atoms with van der Waals surface area (Å²) in [5.74, 6) is 1.95. The smallest absolute Gasteiger partial charge is 0.325 e. The highest BCUT2D eigenvalue weighted by Gasteiger charge is 2.58. The maximum atomic E-state index is 13.4. The van der Waals surface area contributed by atoms with E-state index >= 15 is 0 Å². The molecule has 0 N–H and O–H groups in total. The monoisotopic (exact) mass is 494 g/mol. The van der Waals surface area contributed by atoms with E-state index in [1.807, 2.05) is 6.92 Å². The van der Waals surface area contributed by atoms with Crippen molar-refractivity contribution in [1.82, 2.24) is 0 Å². The molecule has 1 aliphatic rings. The lowest BCUT2D eigenvalue weighted by molar-refractivity contribution is -0.177. The number of terminal acetylenes is 1. The van der Waals surface area contributed by atoms with E-state index in [9.17, 15) is 9.59 Å². The van der Waals surface area contributed by atoms with Crippen LogP contribution in [0.5, 0.6) is 0 Å². The van der Waals surface area contributed by atoms with Gasteiger partial charge in [-0.05, 0) is 50.2 Å². The predicted octanol–water partition coefficient (Wildman–Crippen LogP) is 6.36. The number of carbonyl (C=O) groups is 2. The Bertz CT molecular complexity index is 722. The van der Waals surface area contributed by atoms with Crippen LogP contribution >= 0.6 is 0 Å². The first-order chi connectivity index (χ1) is 16.0. The Balaban J connectivity index is 3.83. The van der Waals surface area contributed by atoms with Crippen molar-refractivity contribution in [3.63, 3.8) is 0 Å². The average molecular weight is 495 g/mol. The summed E-state index contributed by atoms with van der Waals surface area (Å²) in [5.41, 5.74) is -0.561. The van der Waals surface area contributed by atoms with Gasteiger partial charge >= 0.3 is 11.9 Å². The lowest BCUT2D eigenvalue weighted by Gasteiger charge is -2.45. The molecule has 0 aromatic heterocycles. The standard InChI is InChI=1S/C27H46O6Si/c1-11-18-27(25(28)31-13-3,26(29)32-14-4)22-16-15-17-23(24(22)30-12-2)33-34(19(5)6,20(7)8)21(9)10/h1,19-22H,12-18H2,2-10H3. The maximum absolute atomic E-state index is 13.4. The van der Waals surface area contributed by atoms with E-state index in [-0.39, 0.29) is 19.6 Å². The second-order valence-electron chi connectivity index (χ2n) is 9.88. The molecule has 0 aromatic carbocycles. The molecule has 194 valence electrons. The van der Waals surface area contributed by atoms with Crippen LogP contribution < -0.4 is 0 Å². The minimum atomic E-state index is -2.29. The normalized spacial score (nSPS) is 17.1. The minimum Gasteiger partial charge on any atom is -0.543 e. The van der Waals surface area contributed by atoms with E-state index < -0.39 is 31.6 Å². The van der Waals surface area contributed by atoms with Crippen molar-refractivity contribution in [2.45, 2.75) is 105 Å². The average Bonchev–Trinajstić information content (AvgIpc) is 2.76. The minimum absolute atomic E-state index is 0.125. The van der Waals surface area contributed by atoms with Crippen molar-refractivity contribution < 1.29 is 28.2 Å². The molecule has 0 amide bonds. The number of rotatable bonds is 13. The van der Waals surface area contributed by atoms with Crippen LogP contribution in [0.25, 0.3) is 0 Å². The molecule has 1 rings (SSSR count). The van der Waals surface area contributed by atoms with E-state index in [0.717, 1.165) is 12.2 Å². The van der Waals surface area contributed by atoms with Gasteiger partial charge in [0.15, 0.2) is 5.41 Å². The van der Waals surface area contributed by atoms with Gasteiger partial charge in [0.2, 0.25) is 0 Å². The van der Waals surface area contributed by atoms with Crippen molar-refractivity contribution in [3.05, 3.63) is 11.5 Å². The Kier molecular flexibility index (Phi) is 11.7. The molecule has 0 saturated heterocycles. The van der Waals surface area contributed by atoms with Gasteiger partial charge in [0.1, 0.15) is 11.5 Å². The Labute approximate surface area is 208 Å². The van der Waals surface area contributed by atoms with E-state index in [1.54, 1.807) is 13.8 Å². The first-order valence-corrected chi connectivity index (χ1v) is 15.0. The van der Waals surface area contributed by atoms with Gasteiger partial charge in [0.05, 0.1) is 19.8 Å². The number of hydrogen-bond donors (Lipinski definition) is 0. The molecule has 0 spiro atoms. The van der Waals surface area contributed by atoms with Gasteiger partial charge < -0.3 is 18.6 Å². The molecule has 0 fully saturated rings. The van der Waals surface area contributed by atoms with Gasteiger partial charge in [-0.15, -0.1) is 12.3 Å². The maximum Gasteiger partial charge on any atom is 0.325 e. The van der Waals surface area contributed by atoms with Gasteiger partial charge in [-0.1, -0.05) is 41.5 Å². The van der Waals surface area contributed by atoms with Gasteiger partial charge in [-0.3, -0.25) is 9.59 Å². The summed E-state index contributed by atoms with van der Waals surface area (Å²) in [4.78, 5) is 26.8. The molecule has 0 aromatic rings. The van der Waals surface area contributed by atoms with Crippen molar-refractivity contribution in [2.24, 2.45) is 11.3 Å². The van der Waals surface area contributed by atoms with E-state index in [2.05, 4.69) is 47.5 Å². The zero-order chi connectivity index (χ0) is 26.1. The summed E-state index contributed by atoms with van der Waals surface area (Å²) in [5, 5.41) is 0. The topological polar surface area (TPSA) is 71.1 Å². The highest BCUT2D eigenvalue weighted by atomic mass is 28.4. The van der Waals surface area contributed by atoms with Crippen LogP contribution in [0.4, 0.5) is 0 Å². The Morgan fingerprint density at radius 3 is 1.85 bits per heavy atom. The molecular formula is C27H46O6Si. The van der Waals surface area contributed by atoms with E-state index in [0.29, 0.717) is 41.8 Å². The molecule has 0 aliphatic heterocycles. The number of hydrogen-bond acceptors (Lipinski definition) is 6. The van der Waals surface area contributed by atoms with Crippen LogP contribution in [-0.4, -0.2) is 40.1 Å². The molecule has 1 atom stereocenters. The molecule has 6 nitrogen and oxygen atoms in total. The third kappa shape index (κ3) is 5.82. The Hall–Kier alpha value is -1.94. The molecule has 1 aliphatic carbocycles. The quantitative estimate of drug-likeness (QED) is 0.128. The van der Waals surface area contributed by atoms with Crippen molar-refractivity contribution >= 4 is 20.3 Å². The highest BCUT2D eigenvalue weighted by molar-refractivity contribution is 6.77. The fraction of sp³-hybridized carbons (Fsp3) is 0.778. The van der Waals surface area contributed by atoms with Crippen molar-refractivity contribution in [2.75, 3.05) is 19.8 Å². The number of allylic oxidation sites excluding steroid dienone is 2. The zero-order valence-corrected chi connectivity index (χ0v) is 23.8. The summed E-state index contributed by atoms with van der Waals surface area (Å²) < 4.78 is 24.1. The first-order valence-electron chi connectivity index (χ1n) is 12.8. The number of ether oxygens (including phenoxy) is 3. The molecule has 0 radical (unpaired) electrons. The van der Waals surface area contributed by atoms with Crippen LogP contribution in [0.2, 0.25) is 16.6 Å². The van der Waals surface area contributed by atoms with E-state index in [1.165, 1.54) is 0 Å². The largest absolute Gasteiger partial charge is 0.543 e. The molecule has 0 saturated carbocycles. The van der Waals surface area contributed by atoms with Gasteiger partial charge in [-0.2, -0.15) is 0 Å². The van der Waals surface area contributed by atoms with Crippen LogP contribution in [0.3, 0.4) is 0 Å². The van der Waals surface area contributed by atoms with E-state index in [4.69, 9.17) is 25.1 Å². The Morgan fingerprint density at radius 1 is 0.971 bits per heavy atom. The third-order valence-corrected chi connectivity index (χ3v) is 13.1. The fourth-order valence-corrected chi connectivity index (χ4v) is 11.0. The third-order valence-electron chi connectivity index (χ3n) is 7.05. The van der Waals surface area contributed by atoms with Crippen molar-refractivity contribution in [3.8, 4) is 12.3 Å². The molecule has 1 unspecified atom stereocenters. The number of esters is 2. The SMILES string of the molecule is C#CCC(C(=O)OCC)(C(=O)OCC)C1CCCC(O[Si](C(C)C)(C(C)C)C(C)C)=C1OCC. The summed E-state index contributed by atoms with van der Waals surface area (Å²) in [6, 6.07) is 0. The fourth-order valence-electron chi connectivity index (χ4n) is 5.71.